The third-order valence-electron chi connectivity index (χ3n) is 0.290. The smallest absolute Gasteiger partial charge is 0.175 e. The normalized spacial score (nSPS) is 12.0. The van der Waals surface area contributed by atoms with Crippen molar-refractivity contribution in [1.29, 1.82) is 10.7 Å². The number of nitriles is 1. The van der Waals surface area contributed by atoms with E-state index in [0.717, 1.165) is 0 Å². The maximum absolute atomic E-state index is 8.06. The van der Waals surface area contributed by atoms with Crippen LogP contribution in [-0.4, -0.2) is 17.4 Å². The van der Waals surface area contributed by atoms with Crippen molar-refractivity contribution in [3.63, 3.8) is 0 Å². The average Bonchev–Trinajstić information content (AvgIpc) is 1.65. The van der Waals surface area contributed by atoms with Crippen LogP contribution in [-0.2, 0) is 0 Å². The van der Waals surface area contributed by atoms with Crippen LogP contribution in [0.1, 0.15) is 0 Å². The first kappa shape index (κ1) is 5.12. The van der Waals surface area contributed by atoms with Crippen LogP contribution in [0.3, 0.4) is 0 Å². The largest absolute Gasteiger partial charge is 0.373 e. The summed E-state index contributed by atoms with van der Waals surface area (Å²) in [5.41, 5.74) is 0. The second-order valence-electron chi connectivity index (χ2n) is 0.741. The molecule has 32 valence electrons. The molecule has 3 nitrogen and oxygen atoms in total. The molecule has 0 bridgehead atoms. The van der Waals surface area contributed by atoms with Gasteiger partial charge in [-0.25, -0.2) is 0 Å². The van der Waals surface area contributed by atoms with E-state index in [4.69, 9.17) is 15.8 Å². The van der Waals surface area contributed by atoms with Gasteiger partial charge in [-0.05, 0) is 0 Å². The molecule has 1 unspecified atom stereocenters. The quantitative estimate of drug-likeness (QED) is 0.333. The standard InChI is InChI=1S/C3H4N2O/c4-1-3(6)2-5/h1,3-4,6H. The van der Waals surface area contributed by atoms with Crippen molar-refractivity contribution in [2.45, 2.75) is 6.10 Å². The van der Waals surface area contributed by atoms with Crippen molar-refractivity contribution in [2.24, 2.45) is 0 Å². The van der Waals surface area contributed by atoms with Gasteiger partial charge in [-0.1, -0.05) is 0 Å². The molecule has 0 spiro atoms. The Morgan fingerprint density at radius 2 is 2.50 bits per heavy atom. The first-order valence-corrected chi connectivity index (χ1v) is 1.39. The minimum atomic E-state index is -1.22. The lowest BCUT2D eigenvalue weighted by molar-refractivity contribution is 0.299. The van der Waals surface area contributed by atoms with Crippen molar-refractivity contribution in [1.82, 2.24) is 0 Å². The average molecular weight is 84.1 g/mol. The summed E-state index contributed by atoms with van der Waals surface area (Å²) >= 11 is 0. The Morgan fingerprint density at radius 1 is 2.00 bits per heavy atom. The van der Waals surface area contributed by atoms with E-state index in [-0.39, 0.29) is 0 Å². The molecule has 0 heterocycles. The summed E-state index contributed by atoms with van der Waals surface area (Å²) in [5.74, 6) is 0. The first-order valence-electron chi connectivity index (χ1n) is 1.39. The number of hydrogen-bond acceptors (Lipinski definition) is 3. The lowest BCUT2D eigenvalue weighted by Crippen LogP contribution is -2.00. The number of rotatable bonds is 1. The van der Waals surface area contributed by atoms with Crippen LogP contribution in [0.2, 0.25) is 0 Å². The molecule has 6 heavy (non-hydrogen) atoms. The summed E-state index contributed by atoms with van der Waals surface area (Å²) in [5, 5.41) is 22.0. The lowest BCUT2D eigenvalue weighted by atomic mass is 10.4. The highest BCUT2D eigenvalue weighted by molar-refractivity contribution is 5.62. The van der Waals surface area contributed by atoms with Crippen molar-refractivity contribution in [2.75, 3.05) is 0 Å². The summed E-state index contributed by atoms with van der Waals surface area (Å²) in [6, 6.07) is 1.43. The highest BCUT2D eigenvalue weighted by Crippen LogP contribution is 1.64. The molecule has 3 heteroatoms. The fourth-order valence-electron chi connectivity index (χ4n) is 0.0373. The zero-order valence-electron chi connectivity index (χ0n) is 3.05. The molecule has 0 aromatic carbocycles. The van der Waals surface area contributed by atoms with E-state index >= 15 is 0 Å². The molecule has 0 aliphatic heterocycles. The van der Waals surface area contributed by atoms with Gasteiger partial charge in [-0.2, -0.15) is 5.26 Å². The highest BCUT2D eigenvalue weighted by Gasteiger charge is 1.87. The van der Waals surface area contributed by atoms with Crippen LogP contribution in [0.5, 0.6) is 0 Å². The Bertz CT molecular complexity index is 83.3. The molecule has 0 aromatic heterocycles. The van der Waals surface area contributed by atoms with Crippen LogP contribution in [0.15, 0.2) is 0 Å². The molecule has 0 saturated carbocycles. The van der Waals surface area contributed by atoms with E-state index in [1.807, 2.05) is 0 Å². The van der Waals surface area contributed by atoms with E-state index in [1.54, 1.807) is 0 Å². The van der Waals surface area contributed by atoms with Gasteiger partial charge in [0.15, 0.2) is 6.10 Å². The van der Waals surface area contributed by atoms with Crippen molar-refractivity contribution < 1.29 is 5.11 Å². The molecule has 0 rings (SSSR count). The zero-order chi connectivity index (χ0) is 4.99. The predicted molar refractivity (Wildman–Crippen MR) is 20.4 cm³/mol. The molecular weight excluding hydrogens is 80.0 g/mol. The van der Waals surface area contributed by atoms with E-state index in [1.165, 1.54) is 6.07 Å². The van der Waals surface area contributed by atoms with Gasteiger partial charge in [0.05, 0.1) is 6.07 Å². The molecule has 0 aliphatic rings. The monoisotopic (exact) mass is 84.0 g/mol. The highest BCUT2D eigenvalue weighted by atomic mass is 16.3. The van der Waals surface area contributed by atoms with Crippen molar-refractivity contribution in [3.8, 4) is 6.07 Å². The van der Waals surface area contributed by atoms with Gasteiger partial charge in [0.2, 0.25) is 0 Å². The molecule has 0 radical (unpaired) electrons. The van der Waals surface area contributed by atoms with Gasteiger partial charge >= 0.3 is 0 Å². The van der Waals surface area contributed by atoms with Crippen LogP contribution in [0, 0.1) is 16.7 Å². The SMILES string of the molecule is N#CC(O)C=N. The Balaban J connectivity index is 3.30. The zero-order valence-corrected chi connectivity index (χ0v) is 3.05. The van der Waals surface area contributed by atoms with Gasteiger partial charge < -0.3 is 10.5 Å². The molecular formula is C3H4N2O. The molecule has 0 aromatic rings. The summed E-state index contributed by atoms with van der Waals surface area (Å²) in [6.45, 7) is 0. The molecule has 2 N–H and O–H groups in total. The van der Waals surface area contributed by atoms with Gasteiger partial charge in [0.25, 0.3) is 0 Å². The third-order valence-corrected chi connectivity index (χ3v) is 0.290. The Kier molecular flexibility index (Phi) is 2.02. The molecule has 0 amide bonds. The predicted octanol–water partition coefficient (Wildman–Crippen LogP) is -0.480. The minimum Gasteiger partial charge on any atom is -0.373 e. The topological polar surface area (TPSA) is 67.9 Å². The van der Waals surface area contributed by atoms with Gasteiger partial charge in [-0.15, -0.1) is 0 Å². The fourth-order valence-corrected chi connectivity index (χ4v) is 0.0373. The molecule has 0 fully saturated rings. The second kappa shape index (κ2) is 2.36. The number of nitrogens with zero attached hydrogens (tertiary/aromatic N) is 1. The van der Waals surface area contributed by atoms with Crippen molar-refractivity contribution in [3.05, 3.63) is 0 Å². The maximum atomic E-state index is 8.06. The molecule has 0 saturated heterocycles. The lowest BCUT2D eigenvalue weighted by Gasteiger charge is -1.79. The van der Waals surface area contributed by atoms with E-state index < -0.39 is 6.10 Å². The van der Waals surface area contributed by atoms with Gasteiger partial charge in [-0.3, -0.25) is 0 Å². The van der Waals surface area contributed by atoms with Crippen LogP contribution in [0.4, 0.5) is 0 Å². The number of nitrogens with one attached hydrogen (secondary N) is 1. The molecule has 1 atom stereocenters. The second-order valence-corrected chi connectivity index (χ2v) is 0.741. The summed E-state index contributed by atoms with van der Waals surface area (Å²) in [6.07, 6.45) is -0.551. The maximum Gasteiger partial charge on any atom is 0.175 e. The van der Waals surface area contributed by atoms with Crippen LogP contribution >= 0.6 is 0 Å². The summed E-state index contributed by atoms with van der Waals surface area (Å²) in [7, 11) is 0. The van der Waals surface area contributed by atoms with Gasteiger partial charge in [0.1, 0.15) is 0 Å². The Morgan fingerprint density at radius 3 is 2.50 bits per heavy atom. The van der Waals surface area contributed by atoms with E-state index in [0.29, 0.717) is 6.21 Å². The number of hydrogen-bond donors (Lipinski definition) is 2. The Labute approximate surface area is 35.3 Å². The molecule has 0 aliphatic carbocycles. The summed E-state index contributed by atoms with van der Waals surface area (Å²) < 4.78 is 0. The van der Waals surface area contributed by atoms with E-state index in [9.17, 15) is 0 Å². The van der Waals surface area contributed by atoms with Crippen LogP contribution in [0.25, 0.3) is 0 Å². The summed E-state index contributed by atoms with van der Waals surface area (Å²) in [4.78, 5) is 0. The van der Waals surface area contributed by atoms with E-state index in [2.05, 4.69) is 0 Å². The third kappa shape index (κ3) is 1.44. The fraction of sp³-hybridized carbons (Fsp3) is 0.333. The van der Waals surface area contributed by atoms with Crippen molar-refractivity contribution >= 4 is 6.21 Å². The number of aliphatic hydroxyl groups is 1. The first-order chi connectivity index (χ1) is 2.81. The number of aliphatic hydroxyl groups excluding tert-OH is 1. The Hall–Kier alpha value is -0.880. The van der Waals surface area contributed by atoms with Crippen LogP contribution < -0.4 is 0 Å². The minimum absolute atomic E-state index is 0.667. The van der Waals surface area contributed by atoms with Gasteiger partial charge in [0, 0.05) is 6.21 Å².